The fraction of sp³-hybridized carbons (Fsp3) is 0.150. The van der Waals surface area contributed by atoms with Crippen LogP contribution in [0.15, 0.2) is 42.5 Å². The number of rotatable bonds is 6. The molecule has 158 valence electrons. The minimum atomic E-state index is -0.530. The van der Waals surface area contributed by atoms with E-state index in [1.165, 1.54) is 39.5 Å². The summed E-state index contributed by atoms with van der Waals surface area (Å²) in [7, 11) is 4.35. The zero-order valence-electron chi connectivity index (χ0n) is 16.4. The zero-order chi connectivity index (χ0) is 22.1. The molecule has 0 bridgehead atoms. The molecule has 0 saturated carbocycles. The van der Waals surface area contributed by atoms with Crippen LogP contribution in [0.3, 0.4) is 0 Å². The predicted molar refractivity (Wildman–Crippen MR) is 118 cm³/mol. The van der Waals surface area contributed by atoms with Gasteiger partial charge in [0.05, 0.1) is 21.3 Å². The van der Waals surface area contributed by atoms with Crippen LogP contribution in [0.1, 0.15) is 15.9 Å². The maximum Gasteiger partial charge on any atom is 0.269 e. The molecule has 2 amide bonds. The van der Waals surface area contributed by atoms with Gasteiger partial charge in [0.1, 0.15) is 0 Å². The second-order valence-corrected chi connectivity index (χ2v) is 6.48. The largest absolute Gasteiger partial charge is 0.493 e. The molecule has 30 heavy (non-hydrogen) atoms. The molecule has 2 aromatic carbocycles. The third kappa shape index (κ3) is 6.10. The SMILES string of the molecule is COc1cc(C(=O)NNC(=S)NC(=O)C=Cc2ccccc2Cl)cc(OC)c1OC. The lowest BCUT2D eigenvalue weighted by Gasteiger charge is -2.14. The van der Waals surface area contributed by atoms with E-state index in [4.69, 9.17) is 38.0 Å². The molecule has 0 aromatic heterocycles. The second-order valence-electron chi connectivity index (χ2n) is 5.67. The summed E-state index contributed by atoms with van der Waals surface area (Å²) in [6, 6.07) is 10.0. The molecule has 0 atom stereocenters. The quantitative estimate of drug-likeness (QED) is 0.354. The average Bonchev–Trinajstić information content (AvgIpc) is 2.75. The highest BCUT2D eigenvalue weighted by Gasteiger charge is 2.17. The Morgan fingerprint density at radius 3 is 2.20 bits per heavy atom. The van der Waals surface area contributed by atoms with E-state index < -0.39 is 11.8 Å². The monoisotopic (exact) mass is 449 g/mol. The number of halogens is 1. The summed E-state index contributed by atoms with van der Waals surface area (Å²) in [4.78, 5) is 24.4. The molecule has 2 rings (SSSR count). The molecule has 0 spiro atoms. The van der Waals surface area contributed by atoms with Gasteiger partial charge in [-0.3, -0.25) is 25.8 Å². The number of methoxy groups -OCH3 is 3. The van der Waals surface area contributed by atoms with Gasteiger partial charge in [0.15, 0.2) is 16.6 Å². The first kappa shape index (κ1) is 23.0. The number of hydrogen-bond donors (Lipinski definition) is 3. The standard InChI is InChI=1S/C20H20ClN3O5S/c1-27-15-10-13(11-16(28-2)18(15)29-3)19(26)23-24-20(30)22-17(25)9-8-12-6-4-5-7-14(12)21/h4-11H,1-3H3,(H,23,26)(H2,22,24,25,30). The summed E-state index contributed by atoms with van der Waals surface area (Å²) < 4.78 is 15.6. The molecule has 0 unspecified atom stereocenters. The van der Waals surface area contributed by atoms with E-state index in [2.05, 4.69) is 16.2 Å². The summed E-state index contributed by atoms with van der Waals surface area (Å²) in [5.41, 5.74) is 5.75. The van der Waals surface area contributed by atoms with Crippen molar-refractivity contribution in [2.75, 3.05) is 21.3 Å². The van der Waals surface area contributed by atoms with Crippen LogP contribution < -0.4 is 30.4 Å². The number of hydrazine groups is 1. The van der Waals surface area contributed by atoms with Gasteiger partial charge in [0.2, 0.25) is 11.7 Å². The summed E-state index contributed by atoms with van der Waals surface area (Å²) in [5, 5.41) is 2.83. The van der Waals surface area contributed by atoms with Crippen molar-refractivity contribution in [2.24, 2.45) is 0 Å². The van der Waals surface area contributed by atoms with Crippen LogP contribution in [-0.2, 0) is 4.79 Å². The number of carbonyl (C=O) groups is 2. The smallest absolute Gasteiger partial charge is 0.269 e. The Morgan fingerprint density at radius 1 is 1.00 bits per heavy atom. The molecule has 0 saturated heterocycles. The molecule has 0 aliphatic heterocycles. The molecule has 8 nitrogen and oxygen atoms in total. The fourth-order valence-corrected chi connectivity index (χ4v) is 2.71. The van der Waals surface area contributed by atoms with E-state index in [-0.39, 0.29) is 10.7 Å². The van der Waals surface area contributed by atoms with Crippen LogP contribution in [0.2, 0.25) is 5.02 Å². The molecule has 0 heterocycles. The molecule has 3 N–H and O–H groups in total. The zero-order valence-corrected chi connectivity index (χ0v) is 18.0. The number of nitrogens with one attached hydrogen (secondary N) is 3. The third-order valence-corrected chi connectivity index (χ3v) is 4.32. The summed E-state index contributed by atoms with van der Waals surface area (Å²) >= 11 is 11.0. The highest BCUT2D eigenvalue weighted by Crippen LogP contribution is 2.38. The molecular formula is C20H20ClN3O5S. The number of ether oxygens (including phenoxy) is 3. The van der Waals surface area contributed by atoms with Crippen molar-refractivity contribution in [3.63, 3.8) is 0 Å². The van der Waals surface area contributed by atoms with E-state index in [1.54, 1.807) is 30.3 Å². The highest BCUT2D eigenvalue weighted by atomic mass is 35.5. The van der Waals surface area contributed by atoms with Gasteiger partial charge < -0.3 is 14.2 Å². The van der Waals surface area contributed by atoms with E-state index in [0.717, 1.165) is 0 Å². The Kier molecular flexibility index (Phi) is 8.45. The number of amides is 2. The van der Waals surface area contributed by atoms with Crippen LogP contribution in [-0.4, -0.2) is 38.3 Å². The summed E-state index contributed by atoms with van der Waals surface area (Å²) in [5.74, 6) is -0.0188. The van der Waals surface area contributed by atoms with Gasteiger partial charge in [-0.25, -0.2) is 0 Å². The maximum atomic E-state index is 12.4. The molecular weight excluding hydrogens is 430 g/mol. The van der Waals surface area contributed by atoms with Crippen LogP contribution in [0, 0.1) is 0 Å². The number of benzene rings is 2. The van der Waals surface area contributed by atoms with Gasteiger partial charge in [-0.2, -0.15) is 0 Å². The van der Waals surface area contributed by atoms with Gasteiger partial charge in [-0.1, -0.05) is 29.8 Å². The Labute approximate surface area is 184 Å². The van der Waals surface area contributed by atoms with Gasteiger partial charge in [0.25, 0.3) is 5.91 Å². The number of hydrogen-bond acceptors (Lipinski definition) is 6. The third-order valence-electron chi connectivity index (χ3n) is 3.77. The first-order valence-electron chi connectivity index (χ1n) is 8.53. The minimum Gasteiger partial charge on any atom is -0.493 e. The summed E-state index contributed by atoms with van der Waals surface area (Å²) in [6.07, 6.45) is 2.82. The van der Waals surface area contributed by atoms with Crippen molar-refractivity contribution >= 4 is 46.8 Å². The first-order chi connectivity index (χ1) is 14.4. The molecule has 0 fully saturated rings. The van der Waals surface area contributed by atoms with Gasteiger partial charge >= 0.3 is 0 Å². The number of thiocarbonyl (C=S) groups is 1. The van der Waals surface area contributed by atoms with Crippen molar-refractivity contribution in [1.29, 1.82) is 0 Å². The predicted octanol–water partition coefficient (Wildman–Crippen LogP) is 2.71. The highest BCUT2D eigenvalue weighted by molar-refractivity contribution is 7.80. The molecule has 0 radical (unpaired) electrons. The topological polar surface area (TPSA) is 97.9 Å². The van der Waals surface area contributed by atoms with Crippen molar-refractivity contribution in [1.82, 2.24) is 16.2 Å². The van der Waals surface area contributed by atoms with Crippen LogP contribution in [0.4, 0.5) is 0 Å². The molecule has 0 aliphatic rings. The van der Waals surface area contributed by atoms with Crippen molar-refractivity contribution in [2.45, 2.75) is 0 Å². The second kappa shape index (κ2) is 11.0. The Hall–Kier alpha value is -3.30. The van der Waals surface area contributed by atoms with E-state index in [9.17, 15) is 9.59 Å². The van der Waals surface area contributed by atoms with E-state index in [0.29, 0.717) is 27.8 Å². The van der Waals surface area contributed by atoms with Crippen LogP contribution >= 0.6 is 23.8 Å². The normalized spacial score (nSPS) is 10.3. The lowest BCUT2D eigenvalue weighted by atomic mass is 10.1. The number of carbonyl (C=O) groups excluding carboxylic acids is 2. The fourth-order valence-electron chi connectivity index (χ4n) is 2.36. The minimum absolute atomic E-state index is 0.0930. The Balaban J connectivity index is 1.95. The van der Waals surface area contributed by atoms with Crippen LogP contribution in [0.5, 0.6) is 17.2 Å². The molecule has 2 aromatic rings. The van der Waals surface area contributed by atoms with Gasteiger partial charge in [0, 0.05) is 16.7 Å². The lowest BCUT2D eigenvalue weighted by Crippen LogP contribution is -2.48. The van der Waals surface area contributed by atoms with Crippen molar-refractivity contribution in [3.05, 3.63) is 58.6 Å². The Morgan fingerprint density at radius 2 is 1.63 bits per heavy atom. The van der Waals surface area contributed by atoms with E-state index >= 15 is 0 Å². The van der Waals surface area contributed by atoms with Crippen molar-refractivity contribution < 1.29 is 23.8 Å². The summed E-state index contributed by atoms with van der Waals surface area (Å²) in [6.45, 7) is 0. The Bertz CT molecular complexity index is 956. The first-order valence-corrected chi connectivity index (χ1v) is 9.32. The van der Waals surface area contributed by atoms with Crippen molar-refractivity contribution in [3.8, 4) is 17.2 Å². The molecule has 10 heteroatoms. The van der Waals surface area contributed by atoms with Gasteiger partial charge in [-0.05, 0) is 42.1 Å². The average molecular weight is 450 g/mol. The lowest BCUT2D eigenvalue weighted by molar-refractivity contribution is -0.115. The molecule has 0 aliphatic carbocycles. The van der Waals surface area contributed by atoms with Crippen LogP contribution in [0.25, 0.3) is 6.08 Å². The maximum absolute atomic E-state index is 12.4. The van der Waals surface area contributed by atoms with Gasteiger partial charge in [-0.15, -0.1) is 0 Å². The van der Waals surface area contributed by atoms with E-state index in [1.807, 2.05) is 0 Å².